The van der Waals surface area contributed by atoms with Gasteiger partial charge in [0.25, 0.3) is 0 Å². The molecular weight excluding hydrogens is 1080 g/mol. The van der Waals surface area contributed by atoms with Crippen LogP contribution < -0.4 is 26.3 Å². The molecule has 5 N–H and O–H groups in total. The topological polar surface area (TPSA) is 140 Å². The van der Waals surface area contributed by atoms with Crippen LogP contribution in [0.25, 0.3) is 27.1 Å². The van der Waals surface area contributed by atoms with Crippen LogP contribution in [0.4, 0.5) is 18.9 Å². The van der Waals surface area contributed by atoms with E-state index in [1.807, 2.05) is 31.2 Å². The van der Waals surface area contributed by atoms with Gasteiger partial charge in [0.1, 0.15) is 22.2 Å². The number of anilines is 1. The quantitative estimate of drug-likeness (QED) is 0.0140. The summed E-state index contributed by atoms with van der Waals surface area (Å²) in [5.41, 5.74) is 10.6. The van der Waals surface area contributed by atoms with E-state index >= 15 is 0 Å². The number of ketones is 1. The van der Waals surface area contributed by atoms with Gasteiger partial charge < -0.3 is 30.3 Å². The molecule has 6 aromatic carbocycles. The van der Waals surface area contributed by atoms with Gasteiger partial charge in [0.2, 0.25) is 5.91 Å². The molecule has 1 aliphatic carbocycles. The van der Waals surface area contributed by atoms with E-state index < -0.39 is 34.1 Å². The largest absolute Gasteiger partial charge is 0.488 e. The van der Waals surface area contributed by atoms with Crippen molar-refractivity contribution in [3.8, 4) is 0 Å². The fourth-order valence-corrected chi connectivity index (χ4v) is 14.7. The fraction of sp³-hybridized carbons (Fsp3) is 0.328. The number of halogens is 3. The highest BCUT2D eigenvalue weighted by Gasteiger charge is 2.41. The van der Waals surface area contributed by atoms with Crippen molar-refractivity contribution in [1.29, 1.82) is 0 Å². The molecule has 1 aliphatic heterocycles. The minimum absolute atomic E-state index is 0. The maximum absolute atomic E-state index is 14.1. The lowest BCUT2D eigenvalue weighted by Gasteiger charge is -2.38. The SMILES string of the molecule is C.C=C(C)C(=O)CCCCN(Cc1ccc(C)cc1B(O)O)Cc1c2ccccc2c(CN(CCCNC(=O)C(=C)C)Cc2ccc(C(F)(F)F)cc2B(O)O)c2ccc(C3=C4C=CC(=[N+](C)C)C=C4[Si](C)(C)c4cc(N(C)C)ccc43)cc12. The number of amides is 1. The molecule has 1 heterocycles. The third-order valence-electron chi connectivity index (χ3n) is 16.3. The van der Waals surface area contributed by atoms with E-state index in [2.05, 4.69) is 146 Å². The summed E-state index contributed by atoms with van der Waals surface area (Å²) in [6.45, 7) is 20.1. The van der Waals surface area contributed by atoms with Crippen molar-refractivity contribution in [3.05, 3.63) is 195 Å². The van der Waals surface area contributed by atoms with Crippen LogP contribution in [0.1, 0.15) is 91.5 Å². The van der Waals surface area contributed by atoms with Crippen LogP contribution >= 0.6 is 0 Å². The smallest absolute Gasteiger partial charge is 0.423 e. The van der Waals surface area contributed by atoms with Gasteiger partial charge in [0.15, 0.2) is 11.5 Å². The lowest BCUT2D eigenvalue weighted by molar-refractivity contribution is -0.462. The number of rotatable bonds is 23. The molecule has 0 spiro atoms. The molecule has 0 saturated carbocycles. The van der Waals surface area contributed by atoms with Gasteiger partial charge in [-0.2, -0.15) is 13.2 Å². The maximum atomic E-state index is 14.1. The van der Waals surface area contributed by atoms with E-state index in [1.54, 1.807) is 19.9 Å². The summed E-state index contributed by atoms with van der Waals surface area (Å²) in [6.07, 6.45) is 4.18. The minimum atomic E-state index is -4.72. The van der Waals surface area contributed by atoms with Crippen LogP contribution in [0, 0.1) is 6.92 Å². The van der Waals surface area contributed by atoms with Gasteiger partial charge >= 0.3 is 20.4 Å². The van der Waals surface area contributed by atoms with Crippen LogP contribution in [-0.4, -0.2) is 122 Å². The lowest BCUT2D eigenvalue weighted by atomic mass is 9.76. The molecular formula is C67H81B2F3N5O6Si+. The Morgan fingerprint density at radius 3 is 1.88 bits per heavy atom. The van der Waals surface area contributed by atoms with E-state index in [-0.39, 0.29) is 44.2 Å². The Labute approximate surface area is 495 Å². The van der Waals surface area contributed by atoms with Crippen LogP contribution in [0.5, 0.6) is 0 Å². The van der Waals surface area contributed by atoms with Crippen LogP contribution in [-0.2, 0) is 41.9 Å². The first-order valence-corrected chi connectivity index (χ1v) is 31.3. The van der Waals surface area contributed by atoms with Crippen molar-refractivity contribution in [2.75, 3.05) is 52.7 Å². The number of Topliss-reactive ketones (excluding diaryl/α,β-unsaturated/α-hetero) is 1. The highest BCUT2D eigenvalue weighted by Crippen LogP contribution is 2.44. The van der Waals surface area contributed by atoms with Crippen LogP contribution in [0.2, 0.25) is 13.1 Å². The van der Waals surface area contributed by atoms with E-state index in [0.717, 1.165) is 78.5 Å². The second-order valence-electron chi connectivity index (χ2n) is 23.3. The first-order chi connectivity index (χ1) is 39.2. The Morgan fingerprint density at radius 2 is 1.30 bits per heavy atom. The zero-order valence-electron chi connectivity index (χ0n) is 49.3. The third kappa shape index (κ3) is 14.4. The molecule has 84 heavy (non-hydrogen) atoms. The number of benzene rings is 6. The Morgan fingerprint density at radius 1 is 0.702 bits per heavy atom. The Balaban J connectivity index is 0.0000101. The summed E-state index contributed by atoms with van der Waals surface area (Å²) in [4.78, 5) is 32.0. The summed E-state index contributed by atoms with van der Waals surface area (Å²) in [5.74, 6) is -0.281. The number of nitrogens with one attached hydrogen (secondary N) is 1. The summed E-state index contributed by atoms with van der Waals surface area (Å²) in [5, 5.41) is 52.0. The van der Waals surface area contributed by atoms with E-state index in [1.165, 1.54) is 27.6 Å². The molecule has 0 aromatic heterocycles. The minimum Gasteiger partial charge on any atom is -0.423 e. The normalized spacial score (nSPS) is 13.6. The van der Waals surface area contributed by atoms with Crippen molar-refractivity contribution in [2.24, 2.45) is 0 Å². The summed E-state index contributed by atoms with van der Waals surface area (Å²) < 4.78 is 44.5. The molecule has 1 amide bonds. The number of allylic oxidation sites excluding steroid dienone is 6. The van der Waals surface area contributed by atoms with E-state index in [9.17, 15) is 42.9 Å². The fourth-order valence-electron chi connectivity index (χ4n) is 11.6. The standard InChI is InChI=1S/C66H76B2F3N5O6Si.CH4/c1-42(2)61(77)19-14-15-31-75(38-46-21-20-44(5)33-59(46)67(79)80)41-58-52-18-13-12-17-51(52)57(40-76(32-16-30-72-65(78)43(3)4)39-47-22-24-48(66(69,70)71)35-60(47)68(81)82)53-27-23-45(34-56(53)58)64-54-28-25-49(73(6)7)36-62(54)83(10,11)63-37-50(74(8)9)26-29-55(63)64;/h12-13,17-18,20-29,33-37,79-82H,1,3,14-16,19,30-32,38-41H2,2,4-11H3;1H4/p+1. The molecule has 0 atom stereocenters. The van der Waals surface area contributed by atoms with Crippen LogP contribution in [0.3, 0.4) is 0 Å². The number of alkyl halides is 3. The predicted octanol–water partition coefficient (Wildman–Crippen LogP) is 9.26. The van der Waals surface area contributed by atoms with Gasteiger partial charge in [-0.15, -0.1) is 0 Å². The molecule has 0 unspecified atom stereocenters. The van der Waals surface area contributed by atoms with Crippen molar-refractivity contribution < 1.29 is 47.4 Å². The molecule has 2 aliphatic rings. The molecule has 0 bridgehead atoms. The average molecular weight is 1160 g/mol. The van der Waals surface area contributed by atoms with Crippen LogP contribution in [0.15, 0.2) is 150 Å². The van der Waals surface area contributed by atoms with Gasteiger partial charge in [-0.3, -0.25) is 19.4 Å². The first kappa shape index (κ1) is 64.6. The molecule has 0 saturated heterocycles. The monoisotopic (exact) mass is 1160 g/mol. The molecule has 11 nitrogen and oxygen atoms in total. The number of nitrogens with zero attached hydrogens (tertiary/aromatic N) is 4. The highest BCUT2D eigenvalue weighted by atomic mass is 28.3. The molecule has 6 aromatic rings. The predicted molar refractivity (Wildman–Crippen MR) is 343 cm³/mol. The summed E-state index contributed by atoms with van der Waals surface area (Å²) in [7, 11) is 2.02. The zero-order chi connectivity index (χ0) is 60.2. The average Bonchev–Trinajstić information content (AvgIpc) is 1.45. The number of unbranched alkanes of at least 4 members (excludes halogenated alkanes) is 1. The van der Waals surface area contributed by atoms with Gasteiger partial charge in [0.05, 0.1) is 5.56 Å². The van der Waals surface area contributed by atoms with Gasteiger partial charge in [-0.05, 0) is 176 Å². The molecule has 440 valence electrons. The lowest BCUT2D eigenvalue weighted by Crippen LogP contribution is -2.49. The van der Waals surface area contributed by atoms with Gasteiger partial charge in [-0.1, -0.05) is 106 Å². The number of hydrogen-bond acceptors (Lipinski definition) is 9. The molecule has 0 fully saturated rings. The molecule has 0 radical (unpaired) electrons. The Bertz CT molecular complexity index is 3660. The van der Waals surface area contributed by atoms with Gasteiger partial charge in [-0.25, -0.2) is 4.58 Å². The van der Waals surface area contributed by atoms with Crippen molar-refractivity contribution in [1.82, 2.24) is 15.1 Å². The van der Waals surface area contributed by atoms with E-state index in [4.69, 9.17) is 0 Å². The first-order valence-electron chi connectivity index (χ1n) is 28.3. The summed E-state index contributed by atoms with van der Waals surface area (Å²) in [6, 6.07) is 30.4. The molecule has 17 heteroatoms. The zero-order valence-corrected chi connectivity index (χ0v) is 50.3. The van der Waals surface area contributed by atoms with Gasteiger partial charge in [0, 0.05) is 83.2 Å². The van der Waals surface area contributed by atoms with E-state index in [0.29, 0.717) is 74.0 Å². The van der Waals surface area contributed by atoms with Crippen molar-refractivity contribution >= 4 is 88.6 Å². The second kappa shape index (κ2) is 27.0. The van der Waals surface area contributed by atoms with Crippen molar-refractivity contribution in [3.63, 3.8) is 0 Å². The van der Waals surface area contributed by atoms with Crippen molar-refractivity contribution in [2.45, 2.75) is 99.3 Å². The number of fused-ring (bicyclic) bond motifs is 4. The second-order valence-corrected chi connectivity index (χ2v) is 27.7. The Kier molecular flexibility index (Phi) is 20.7. The number of aryl methyl sites for hydroxylation is 1. The number of hydrogen-bond donors (Lipinski definition) is 5. The highest BCUT2D eigenvalue weighted by molar-refractivity contribution is 6.98. The third-order valence-corrected chi connectivity index (χ3v) is 19.8. The molecule has 8 rings (SSSR count). The Hall–Kier alpha value is -6.95. The summed E-state index contributed by atoms with van der Waals surface area (Å²) >= 11 is 0. The maximum Gasteiger partial charge on any atom is 0.488 e. The number of carbonyl (C=O) groups excluding carboxylic acids is 2. The number of carbonyl (C=O) groups is 2.